The van der Waals surface area contributed by atoms with Crippen molar-refractivity contribution >= 4 is 27.7 Å². The number of hydrogen-bond acceptors (Lipinski definition) is 3. The molecule has 1 aromatic heterocycles. The first kappa shape index (κ1) is 23.4. The molecule has 3 aromatic carbocycles. The first-order valence-corrected chi connectivity index (χ1v) is 12.0. The Kier molecular flexibility index (Phi) is 7.22. The van der Waals surface area contributed by atoms with E-state index in [1.54, 1.807) is 6.20 Å². The minimum atomic E-state index is 0.561. The highest BCUT2D eigenvalue weighted by Gasteiger charge is 2.15. The van der Waals surface area contributed by atoms with Gasteiger partial charge < -0.3 is 4.74 Å². The fourth-order valence-electron chi connectivity index (χ4n) is 4.31. The maximum atomic E-state index is 6.10. The molecule has 0 aliphatic heterocycles. The summed E-state index contributed by atoms with van der Waals surface area (Å²) in [7, 11) is 0. The molecule has 0 aliphatic rings. The topological polar surface area (TPSA) is 34.5 Å². The van der Waals surface area contributed by atoms with Gasteiger partial charge in [0, 0.05) is 29.2 Å². The van der Waals surface area contributed by atoms with Crippen molar-refractivity contribution in [2.24, 2.45) is 4.99 Å². The Morgan fingerprint density at radius 1 is 0.971 bits per heavy atom. The lowest BCUT2D eigenvalue weighted by atomic mass is 9.94. The number of pyridine rings is 1. The van der Waals surface area contributed by atoms with Gasteiger partial charge in [-0.15, -0.1) is 0 Å². The number of aryl methyl sites for hydroxylation is 1. The largest absolute Gasteiger partial charge is 0.492 e. The van der Waals surface area contributed by atoms with Crippen molar-refractivity contribution in [1.29, 1.82) is 0 Å². The average Bonchev–Trinajstić information content (AvgIpc) is 2.85. The molecule has 3 nitrogen and oxygen atoms in total. The van der Waals surface area contributed by atoms with Gasteiger partial charge in [0.15, 0.2) is 0 Å². The van der Waals surface area contributed by atoms with Crippen LogP contribution in [-0.4, -0.2) is 17.3 Å². The molecule has 1 heterocycles. The van der Waals surface area contributed by atoms with Crippen LogP contribution in [0.5, 0.6) is 5.75 Å². The van der Waals surface area contributed by atoms with E-state index in [0.717, 1.165) is 57.8 Å². The molecule has 0 saturated heterocycles. The van der Waals surface area contributed by atoms with E-state index in [2.05, 4.69) is 67.0 Å². The van der Waals surface area contributed by atoms with Crippen LogP contribution in [0.15, 0.2) is 84.6 Å². The maximum absolute atomic E-state index is 6.10. The van der Waals surface area contributed by atoms with Gasteiger partial charge in [-0.3, -0.25) is 4.98 Å². The molecule has 4 rings (SSSR count). The zero-order valence-corrected chi connectivity index (χ0v) is 20.6. The van der Waals surface area contributed by atoms with Crippen molar-refractivity contribution < 1.29 is 4.74 Å². The number of nitrogens with zero attached hydrogens (tertiary/aromatic N) is 2. The molecule has 0 aliphatic carbocycles. The quantitative estimate of drug-likeness (QED) is 0.253. The van der Waals surface area contributed by atoms with Crippen LogP contribution in [0.3, 0.4) is 0 Å². The van der Waals surface area contributed by atoms with E-state index in [9.17, 15) is 0 Å². The standard InChI is InChI=1S/C31H32N2O/c1-6-10-23-11-8-12-25-17-24(14-15-28(23)25)27-18-29(21(3)4)31(30(19-27)34-7-2)33-22(5)26-13-9-16-32-20-26/h8-9,11-20H,3,6-7,10H2,1-2,4-5H3. The van der Waals surface area contributed by atoms with E-state index >= 15 is 0 Å². The lowest BCUT2D eigenvalue weighted by Crippen LogP contribution is -1.99. The highest BCUT2D eigenvalue weighted by atomic mass is 16.5. The van der Waals surface area contributed by atoms with Crippen molar-refractivity contribution in [3.63, 3.8) is 0 Å². The van der Waals surface area contributed by atoms with E-state index in [-0.39, 0.29) is 0 Å². The Labute approximate surface area is 202 Å². The van der Waals surface area contributed by atoms with Crippen LogP contribution in [0, 0.1) is 0 Å². The lowest BCUT2D eigenvalue weighted by molar-refractivity contribution is 0.341. The molecule has 0 radical (unpaired) electrons. The number of fused-ring (bicyclic) bond motifs is 1. The third-order valence-corrected chi connectivity index (χ3v) is 6.02. The normalized spacial score (nSPS) is 11.6. The number of ether oxygens (including phenoxy) is 1. The molecule has 0 bridgehead atoms. The van der Waals surface area contributed by atoms with Crippen molar-refractivity contribution in [2.45, 2.75) is 40.5 Å². The summed E-state index contributed by atoms with van der Waals surface area (Å²) in [4.78, 5) is 9.21. The lowest BCUT2D eigenvalue weighted by Gasteiger charge is -2.16. The maximum Gasteiger partial charge on any atom is 0.146 e. The van der Waals surface area contributed by atoms with Gasteiger partial charge in [0.2, 0.25) is 0 Å². The molecule has 0 saturated carbocycles. The summed E-state index contributed by atoms with van der Waals surface area (Å²) >= 11 is 0. The number of rotatable bonds is 8. The predicted octanol–water partition coefficient (Wildman–Crippen LogP) is 8.43. The van der Waals surface area contributed by atoms with Gasteiger partial charge in [-0.25, -0.2) is 4.99 Å². The Morgan fingerprint density at radius 3 is 2.53 bits per heavy atom. The van der Waals surface area contributed by atoms with E-state index in [1.807, 2.05) is 39.1 Å². The van der Waals surface area contributed by atoms with Crippen LogP contribution < -0.4 is 4.74 Å². The Morgan fingerprint density at radius 2 is 1.82 bits per heavy atom. The molecule has 0 amide bonds. The summed E-state index contributed by atoms with van der Waals surface area (Å²) in [5.74, 6) is 0.765. The molecular weight excluding hydrogens is 416 g/mol. The van der Waals surface area contributed by atoms with Crippen molar-refractivity contribution in [2.75, 3.05) is 6.61 Å². The minimum absolute atomic E-state index is 0.561. The van der Waals surface area contributed by atoms with Crippen LogP contribution in [0.25, 0.3) is 27.5 Å². The van der Waals surface area contributed by atoms with Gasteiger partial charge in [-0.05, 0) is 84.5 Å². The second-order valence-electron chi connectivity index (χ2n) is 8.63. The fourth-order valence-corrected chi connectivity index (χ4v) is 4.31. The highest BCUT2D eigenvalue weighted by molar-refractivity contribution is 6.01. The van der Waals surface area contributed by atoms with Gasteiger partial charge in [0.25, 0.3) is 0 Å². The van der Waals surface area contributed by atoms with Crippen molar-refractivity contribution in [3.05, 3.63) is 96.3 Å². The summed E-state index contributed by atoms with van der Waals surface area (Å²) in [5, 5.41) is 2.58. The molecule has 34 heavy (non-hydrogen) atoms. The zero-order chi connectivity index (χ0) is 24.1. The Bertz CT molecular complexity index is 1350. The van der Waals surface area contributed by atoms with Crippen molar-refractivity contribution in [3.8, 4) is 16.9 Å². The van der Waals surface area contributed by atoms with E-state index in [4.69, 9.17) is 9.73 Å². The second kappa shape index (κ2) is 10.5. The third-order valence-electron chi connectivity index (χ3n) is 6.02. The zero-order valence-electron chi connectivity index (χ0n) is 20.6. The third kappa shape index (κ3) is 4.94. The van der Waals surface area contributed by atoms with Crippen LogP contribution in [0.1, 0.15) is 50.8 Å². The number of hydrogen-bond donors (Lipinski definition) is 0. The number of aromatic nitrogens is 1. The fraction of sp³-hybridized carbons (Fsp3) is 0.226. The number of aliphatic imine (C=N–C) groups is 1. The molecule has 0 unspecified atom stereocenters. The van der Waals surface area contributed by atoms with Gasteiger partial charge in [0.1, 0.15) is 11.4 Å². The Balaban J connectivity index is 1.86. The van der Waals surface area contributed by atoms with Gasteiger partial charge in [0.05, 0.1) is 6.61 Å². The molecule has 0 fully saturated rings. The minimum Gasteiger partial charge on any atom is -0.492 e. The van der Waals surface area contributed by atoms with Gasteiger partial charge >= 0.3 is 0 Å². The summed E-state index contributed by atoms with van der Waals surface area (Å²) in [6, 6.07) is 21.5. The summed E-state index contributed by atoms with van der Waals surface area (Å²) in [5.41, 5.74) is 8.28. The molecule has 0 N–H and O–H groups in total. The molecule has 3 heteroatoms. The average molecular weight is 449 g/mol. The first-order chi connectivity index (χ1) is 16.5. The van der Waals surface area contributed by atoms with Crippen LogP contribution in [0.2, 0.25) is 0 Å². The van der Waals surface area contributed by atoms with Crippen LogP contribution in [-0.2, 0) is 6.42 Å². The molecular formula is C31H32N2O. The Hall–Kier alpha value is -3.72. The molecule has 0 atom stereocenters. The van der Waals surface area contributed by atoms with E-state index < -0.39 is 0 Å². The highest BCUT2D eigenvalue weighted by Crippen LogP contribution is 2.41. The van der Waals surface area contributed by atoms with E-state index in [0.29, 0.717) is 6.61 Å². The van der Waals surface area contributed by atoms with Crippen LogP contribution in [0.4, 0.5) is 5.69 Å². The molecule has 172 valence electrons. The van der Waals surface area contributed by atoms with Gasteiger partial charge in [-0.2, -0.15) is 0 Å². The SMILES string of the molecule is C=C(C)c1cc(-c2ccc3c(CCC)cccc3c2)cc(OCC)c1N=C(C)c1cccnc1. The summed E-state index contributed by atoms with van der Waals surface area (Å²) < 4.78 is 6.10. The summed E-state index contributed by atoms with van der Waals surface area (Å²) in [6.45, 7) is 13.1. The summed E-state index contributed by atoms with van der Waals surface area (Å²) in [6.07, 6.45) is 5.83. The van der Waals surface area contributed by atoms with Crippen molar-refractivity contribution in [1.82, 2.24) is 4.98 Å². The number of allylic oxidation sites excluding steroid dienone is 1. The second-order valence-corrected chi connectivity index (χ2v) is 8.63. The molecule has 0 spiro atoms. The predicted molar refractivity (Wildman–Crippen MR) is 145 cm³/mol. The smallest absolute Gasteiger partial charge is 0.146 e. The number of benzene rings is 3. The van der Waals surface area contributed by atoms with Crippen LogP contribution >= 0.6 is 0 Å². The first-order valence-electron chi connectivity index (χ1n) is 12.0. The van der Waals surface area contributed by atoms with Gasteiger partial charge in [-0.1, -0.05) is 56.3 Å². The monoisotopic (exact) mass is 448 g/mol. The van der Waals surface area contributed by atoms with E-state index in [1.165, 1.54) is 16.3 Å². The molecule has 4 aromatic rings.